The molecule has 1 aromatic carbocycles. The zero-order valence-electron chi connectivity index (χ0n) is 23.4. The Labute approximate surface area is 220 Å². The highest BCUT2D eigenvalue weighted by molar-refractivity contribution is 5.97. The highest BCUT2D eigenvalue weighted by Crippen LogP contribution is 2.43. The molecule has 204 valence electrons. The zero-order chi connectivity index (χ0) is 28.3. The molecule has 2 aliphatic rings. The smallest absolute Gasteiger partial charge is 0.261 e. The minimum absolute atomic E-state index is 0.104. The molecule has 38 heavy (non-hydrogen) atoms. The number of hydroxylamine groups is 4. The van der Waals surface area contributed by atoms with E-state index in [9.17, 15) is 29.6 Å². The summed E-state index contributed by atoms with van der Waals surface area (Å²) in [5.74, 6) is 0. The number of nitrogens with zero attached hydrogens (tertiary/aromatic N) is 4. The highest BCUT2D eigenvalue weighted by atomic mass is 16.5. The van der Waals surface area contributed by atoms with Gasteiger partial charge in [0.15, 0.2) is 0 Å². The van der Waals surface area contributed by atoms with Crippen LogP contribution in [0, 0.1) is 0 Å². The van der Waals surface area contributed by atoms with E-state index in [2.05, 4.69) is 0 Å². The van der Waals surface area contributed by atoms with Crippen LogP contribution in [0.15, 0.2) is 31.3 Å². The lowest BCUT2D eigenvalue weighted by atomic mass is 9.79. The fourth-order valence-corrected chi connectivity index (χ4v) is 7.46. The van der Waals surface area contributed by atoms with Crippen LogP contribution in [0.4, 0.5) is 0 Å². The first-order chi connectivity index (χ1) is 17.3. The summed E-state index contributed by atoms with van der Waals surface area (Å²) in [7, 11) is 0. The zero-order valence-corrected chi connectivity index (χ0v) is 23.4. The third-order valence-corrected chi connectivity index (χ3v) is 8.82. The van der Waals surface area contributed by atoms with Gasteiger partial charge < -0.3 is 0 Å². The summed E-state index contributed by atoms with van der Waals surface area (Å²) in [6.45, 7) is 14.4. The third kappa shape index (κ3) is 3.68. The Hall–Kier alpha value is -2.66. The first kappa shape index (κ1) is 26.9. The van der Waals surface area contributed by atoms with Crippen LogP contribution in [0.25, 0.3) is 21.5 Å². The Bertz CT molecular complexity index is 1430. The summed E-state index contributed by atoms with van der Waals surface area (Å²) in [6.07, 6.45) is 1.28. The fourth-order valence-electron chi connectivity index (χ4n) is 7.46. The summed E-state index contributed by atoms with van der Waals surface area (Å²) in [5.41, 5.74) is -5.16. The quantitative estimate of drug-likeness (QED) is 0.508. The molecule has 10 heteroatoms. The number of benzene rings is 1. The molecule has 4 heterocycles. The summed E-state index contributed by atoms with van der Waals surface area (Å²) >= 11 is 0. The van der Waals surface area contributed by atoms with E-state index in [0.29, 0.717) is 25.7 Å². The van der Waals surface area contributed by atoms with Crippen molar-refractivity contribution in [1.82, 2.24) is 19.3 Å². The van der Waals surface area contributed by atoms with Crippen LogP contribution in [0.3, 0.4) is 0 Å². The lowest BCUT2D eigenvalue weighted by Crippen LogP contribution is -2.59. The Morgan fingerprint density at radius 2 is 0.711 bits per heavy atom. The Kier molecular flexibility index (Phi) is 5.63. The first-order valence-corrected chi connectivity index (χ1v) is 13.2. The molecular formula is C28H36N4O6. The standard InChI is InChI=1S/C28H36N4O6/c1-25(2)11-15(12-26(3,4)31(25)37)29-21(33)17-9-19-20(10-18(17)22(29)34)24(36)30(23(19)35)16-13-27(5,6)32(38)28(7,8)14-16/h9-10,15-16H,11-14H2,1-8H3. The molecule has 2 radical (unpaired) electrons. The number of hydrogen-bond donors (Lipinski definition) is 0. The van der Waals surface area contributed by atoms with Crippen LogP contribution in [0.5, 0.6) is 0 Å². The Morgan fingerprint density at radius 1 is 0.500 bits per heavy atom. The molecule has 0 aliphatic carbocycles. The van der Waals surface area contributed by atoms with Crippen molar-refractivity contribution in [3.05, 3.63) is 53.5 Å². The third-order valence-electron chi connectivity index (χ3n) is 8.82. The maximum atomic E-state index is 13.6. The van der Waals surface area contributed by atoms with Gasteiger partial charge in [-0.05, 0) is 93.2 Å². The molecule has 0 saturated carbocycles. The molecule has 2 aromatic heterocycles. The average molecular weight is 525 g/mol. The van der Waals surface area contributed by atoms with E-state index in [4.69, 9.17) is 0 Å². The van der Waals surface area contributed by atoms with Crippen molar-refractivity contribution in [2.45, 2.75) is 115 Å². The van der Waals surface area contributed by atoms with Crippen LogP contribution < -0.4 is 22.2 Å². The molecule has 0 N–H and O–H groups in total. The molecule has 0 unspecified atom stereocenters. The van der Waals surface area contributed by atoms with Crippen LogP contribution in [0.1, 0.15) is 93.2 Å². The predicted octanol–water partition coefficient (Wildman–Crippen LogP) is 2.99. The molecule has 0 bridgehead atoms. The maximum absolute atomic E-state index is 13.6. The van der Waals surface area contributed by atoms with Crippen molar-refractivity contribution < 1.29 is 10.4 Å². The second kappa shape index (κ2) is 7.94. The lowest BCUT2D eigenvalue weighted by Gasteiger charge is -2.49. The summed E-state index contributed by atoms with van der Waals surface area (Å²) in [6, 6.07) is 1.78. The maximum Gasteiger partial charge on any atom is 0.261 e. The van der Waals surface area contributed by atoms with Gasteiger partial charge in [0.1, 0.15) is 0 Å². The van der Waals surface area contributed by atoms with E-state index in [1.165, 1.54) is 21.3 Å². The average Bonchev–Trinajstić information content (AvgIpc) is 3.17. The van der Waals surface area contributed by atoms with Gasteiger partial charge in [0.2, 0.25) is 0 Å². The van der Waals surface area contributed by atoms with Crippen LogP contribution in [0.2, 0.25) is 0 Å². The molecule has 0 spiro atoms. The topological polar surface area (TPSA) is 124 Å². The van der Waals surface area contributed by atoms with E-state index in [-0.39, 0.29) is 21.5 Å². The van der Waals surface area contributed by atoms with E-state index < -0.39 is 56.5 Å². The Balaban J connectivity index is 1.66. The monoisotopic (exact) mass is 524 g/mol. The summed E-state index contributed by atoms with van der Waals surface area (Å²) < 4.78 is 2.41. The normalized spacial score (nSPS) is 24.5. The van der Waals surface area contributed by atoms with Crippen molar-refractivity contribution in [2.75, 3.05) is 0 Å². The predicted molar refractivity (Wildman–Crippen MR) is 143 cm³/mol. The second-order valence-electron chi connectivity index (χ2n) is 13.9. The van der Waals surface area contributed by atoms with Crippen LogP contribution >= 0.6 is 0 Å². The van der Waals surface area contributed by atoms with Gasteiger partial charge >= 0.3 is 0 Å². The Morgan fingerprint density at radius 3 is 0.921 bits per heavy atom. The van der Waals surface area contributed by atoms with Gasteiger partial charge in [-0.15, -0.1) is 20.5 Å². The first-order valence-electron chi connectivity index (χ1n) is 13.2. The number of fused-ring (bicyclic) bond motifs is 2. The van der Waals surface area contributed by atoms with E-state index in [1.807, 2.05) is 0 Å². The van der Waals surface area contributed by atoms with E-state index in [1.54, 1.807) is 55.4 Å². The van der Waals surface area contributed by atoms with Crippen molar-refractivity contribution in [3.8, 4) is 0 Å². The van der Waals surface area contributed by atoms with Crippen molar-refractivity contribution in [2.24, 2.45) is 0 Å². The molecule has 2 aliphatic heterocycles. The highest BCUT2D eigenvalue weighted by Gasteiger charge is 2.49. The fraction of sp³-hybridized carbons (Fsp3) is 0.643. The van der Waals surface area contributed by atoms with Gasteiger partial charge in [-0.3, -0.25) is 28.3 Å². The van der Waals surface area contributed by atoms with Gasteiger partial charge in [0, 0.05) is 34.2 Å². The van der Waals surface area contributed by atoms with Gasteiger partial charge in [0.05, 0.1) is 21.5 Å². The van der Waals surface area contributed by atoms with E-state index >= 15 is 0 Å². The van der Waals surface area contributed by atoms with Gasteiger partial charge in [-0.25, -0.2) is 0 Å². The molecular weight excluding hydrogens is 488 g/mol. The van der Waals surface area contributed by atoms with Gasteiger partial charge in [-0.2, -0.15) is 0 Å². The lowest BCUT2D eigenvalue weighted by molar-refractivity contribution is -0.292. The number of aromatic nitrogens is 2. The molecule has 3 aromatic rings. The molecule has 2 fully saturated rings. The van der Waals surface area contributed by atoms with Crippen molar-refractivity contribution in [3.63, 3.8) is 0 Å². The molecule has 2 saturated heterocycles. The summed E-state index contributed by atoms with van der Waals surface area (Å²) in [5, 5.41) is 28.1. The van der Waals surface area contributed by atoms with Crippen molar-refractivity contribution >= 4 is 21.5 Å². The second-order valence-corrected chi connectivity index (χ2v) is 13.9. The number of rotatable bonds is 2. The molecule has 10 nitrogen and oxygen atoms in total. The van der Waals surface area contributed by atoms with E-state index in [0.717, 1.165) is 10.1 Å². The van der Waals surface area contributed by atoms with Crippen LogP contribution in [-0.4, -0.2) is 41.4 Å². The van der Waals surface area contributed by atoms with Crippen molar-refractivity contribution in [1.29, 1.82) is 0 Å². The minimum Gasteiger partial charge on any atom is -0.271 e. The van der Waals surface area contributed by atoms with Crippen LogP contribution in [-0.2, 0) is 10.4 Å². The molecule has 0 amide bonds. The van der Waals surface area contributed by atoms with Gasteiger partial charge in [0.25, 0.3) is 22.2 Å². The SMILES string of the molecule is CC1(C)CC(n2c(=O)c3cc4c(=O)n(C5CC(C)(C)N([O])C(C)(C)C5)c(=O)c4cc3c2=O)CC(C)(C)N1[O]. The summed E-state index contributed by atoms with van der Waals surface area (Å²) in [4.78, 5) is 54.2. The number of piperidine rings is 2. The molecule has 5 rings (SSSR count). The molecule has 0 atom stereocenters. The minimum atomic E-state index is -0.781. The number of hydrogen-bond acceptors (Lipinski definition) is 6. The van der Waals surface area contributed by atoms with Gasteiger partial charge in [-0.1, -0.05) is 0 Å². The largest absolute Gasteiger partial charge is 0.271 e.